The third kappa shape index (κ3) is 2.83. The summed E-state index contributed by atoms with van der Waals surface area (Å²) in [4.78, 5) is 39.3. The number of nitrogens with zero attached hydrogens (tertiary/aromatic N) is 1. The summed E-state index contributed by atoms with van der Waals surface area (Å²) in [5.74, 6) is 1.99. The Labute approximate surface area is 161 Å². The van der Waals surface area contributed by atoms with Gasteiger partial charge in [-0.05, 0) is 48.3 Å². The molecule has 26 heavy (non-hydrogen) atoms. The van der Waals surface area contributed by atoms with E-state index in [9.17, 15) is 14.4 Å². The third-order valence-corrected chi connectivity index (χ3v) is 8.96. The average molecular weight is 388 g/mol. The Morgan fingerprint density at radius 3 is 2.35 bits per heavy atom. The second-order valence-corrected chi connectivity index (χ2v) is 10.1. The Bertz CT molecular complexity index is 750. The van der Waals surface area contributed by atoms with Crippen LogP contribution in [0.3, 0.4) is 0 Å². The van der Waals surface area contributed by atoms with E-state index in [1.807, 2.05) is 6.08 Å². The fourth-order valence-electron chi connectivity index (χ4n) is 4.11. The molecule has 4 nitrogen and oxygen atoms in total. The van der Waals surface area contributed by atoms with Crippen molar-refractivity contribution in [1.29, 1.82) is 0 Å². The molecule has 2 heterocycles. The van der Waals surface area contributed by atoms with Gasteiger partial charge in [-0.3, -0.25) is 19.3 Å². The number of fused-ring (bicyclic) bond motifs is 1. The maximum absolute atomic E-state index is 12.7. The molecule has 1 aromatic carbocycles. The summed E-state index contributed by atoms with van der Waals surface area (Å²) in [7, 11) is 0. The van der Waals surface area contributed by atoms with E-state index in [4.69, 9.17) is 0 Å². The molecule has 0 radical (unpaired) electrons. The largest absolute Gasteiger partial charge is 0.297 e. The van der Waals surface area contributed by atoms with Gasteiger partial charge in [-0.25, -0.2) is 0 Å². The van der Waals surface area contributed by atoms with Gasteiger partial charge in [0.2, 0.25) is 0 Å². The molecular weight excluding hydrogens is 366 g/mol. The van der Waals surface area contributed by atoms with Crippen molar-refractivity contribution >= 4 is 41.1 Å². The van der Waals surface area contributed by atoms with Crippen molar-refractivity contribution in [2.75, 3.05) is 18.1 Å². The molecule has 0 aromatic heterocycles. The highest BCUT2D eigenvalue weighted by atomic mass is 32.2. The molecule has 136 valence electrons. The van der Waals surface area contributed by atoms with Crippen molar-refractivity contribution in [3.05, 3.63) is 48.0 Å². The van der Waals surface area contributed by atoms with Gasteiger partial charge < -0.3 is 0 Å². The number of Topliss-reactive ketones (excluding diaryl/α,β-unsaturated/α-hetero) is 1. The SMILES string of the molecule is C=C[C@@H](CN1C(=O)c2ccccc2C1=O)[C@H]1CC(=O)C2(C1)SCCCS2. The number of hydrogen-bond donors (Lipinski definition) is 0. The van der Waals surface area contributed by atoms with E-state index in [1.165, 1.54) is 4.90 Å². The number of benzene rings is 1. The highest BCUT2D eigenvalue weighted by Gasteiger charge is 2.50. The van der Waals surface area contributed by atoms with Crippen LogP contribution in [-0.2, 0) is 4.79 Å². The summed E-state index contributed by atoms with van der Waals surface area (Å²) >= 11 is 3.56. The summed E-state index contributed by atoms with van der Waals surface area (Å²) in [5, 5.41) is 0. The molecule has 0 N–H and O–H groups in total. The van der Waals surface area contributed by atoms with Crippen molar-refractivity contribution in [1.82, 2.24) is 4.90 Å². The molecule has 0 bridgehead atoms. The zero-order valence-corrected chi connectivity index (χ0v) is 16.1. The van der Waals surface area contributed by atoms with Crippen LogP contribution in [0.2, 0.25) is 0 Å². The zero-order chi connectivity index (χ0) is 18.3. The molecule has 1 saturated heterocycles. The predicted molar refractivity (Wildman–Crippen MR) is 105 cm³/mol. The maximum Gasteiger partial charge on any atom is 0.261 e. The van der Waals surface area contributed by atoms with Crippen LogP contribution in [0.25, 0.3) is 0 Å². The van der Waals surface area contributed by atoms with E-state index in [-0.39, 0.29) is 27.7 Å². The van der Waals surface area contributed by atoms with Crippen LogP contribution >= 0.6 is 23.5 Å². The molecule has 1 aliphatic carbocycles. The lowest BCUT2D eigenvalue weighted by Gasteiger charge is -2.31. The molecule has 2 atom stereocenters. The van der Waals surface area contributed by atoms with Crippen molar-refractivity contribution in [2.24, 2.45) is 11.8 Å². The van der Waals surface area contributed by atoms with Crippen LogP contribution in [0.15, 0.2) is 36.9 Å². The van der Waals surface area contributed by atoms with Gasteiger partial charge in [0.15, 0.2) is 5.78 Å². The Morgan fingerprint density at radius 2 is 1.77 bits per heavy atom. The zero-order valence-electron chi connectivity index (χ0n) is 14.5. The Balaban J connectivity index is 1.51. The Hall–Kier alpha value is -1.53. The highest BCUT2D eigenvalue weighted by molar-refractivity contribution is 8.19. The van der Waals surface area contributed by atoms with Gasteiger partial charge in [0, 0.05) is 13.0 Å². The van der Waals surface area contributed by atoms with Gasteiger partial charge in [-0.1, -0.05) is 18.2 Å². The molecule has 1 saturated carbocycles. The van der Waals surface area contributed by atoms with Gasteiger partial charge in [-0.15, -0.1) is 30.1 Å². The van der Waals surface area contributed by atoms with Gasteiger partial charge in [0.1, 0.15) is 4.08 Å². The van der Waals surface area contributed by atoms with E-state index < -0.39 is 0 Å². The number of imide groups is 1. The number of rotatable bonds is 4. The van der Waals surface area contributed by atoms with E-state index in [1.54, 1.807) is 47.8 Å². The molecule has 1 spiro atoms. The Kier molecular flexibility index (Phi) is 4.73. The Morgan fingerprint density at radius 1 is 1.15 bits per heavy atom. The number of ketones is 1. The van der Waals surface area contributed by atoms with E-state index in [2.05, 4.69) is 6.58 Å². The number of hydrogen-bond acceptors (Lipinski definition) is 5. The first kappa shape index (κ1) is 17.9. The number of amides is 2. The first-order valence-corrected chi connectivity index (χ1v) is 10.9. The van der Waals surface area contributed by atoms with Gasteiger partial charge in [0.25, 0.3) is 11.8 Å². The summed E-state index contributed by atoms with van der Waals surface area (Å²) < 4.78 is -0.313. The van der Waals surface area contributed by atoms with E-state index in [0.29, 0.717) is 29.9 Å². The van der Waals surface area contributed by atoms with Gasteiger partial charge in [0.05, 0.1) is 11.1 Å². The molecule has 6 heteroatoms. The predicted octanol–water partition coefficient (Wildman–Crippen LogP) is 3.63. The van der Waals surface area contributed by atoms with Crippen molar-refractivity contribution < 1.29 is 14.4 Å². The lowest BCUT2D eigenvalue weighted by atomic mass is 9.90. The third-order valence-electron chi connectivity index (χ3n) is 5.54. The summed E-state index contributed by atoms with van der Waals surface area (Å²) in [6.07, 6.45) is 4.29. The molecule has 1 aromatic rings. The number of carbonyl (C=O) groups excluding carboxylic acids is 3. The normalized spacial score (nSPS) is 25.6. The second kappa shape index (κ2) is 6.89. The van der Waals surface area contributed by atoms with Crippen LogP contribution < -0.4 is 0 Å². The van der Waals surface area contributed by atoms with Crippen molar-refractivity contribution in [3.63, 3.8) is 0 Å². The number of thioether (sulfide) groups is 2. The fourth-order valence-corrected chi connectivity index (χ4v) is 7.52. The van der Waals surface area contributed by atoms with Crippen molar-refractivity contribution in [3.8, 4) is 0 Å². The highest BCUT2D eigenvalue weighted by Crippen LogP contribution is 2.54. The van der Waals surface area contributed by atoms with Crippen LogP contribution in [0.1, 0.15) is 40.0 Å². The van der Waals surface area contributed by atoms with Crippen LogP contribution in [-0.4, -0.2) is 44.6 Å². The molecule has 2 aliphatic heterocycles. The van der Waals surface area contributed by atoms with Crippen LogP contribution in [0.5, 0.6) is 0 Å². The lowest BCUT2D eigenvalue weighted by Crippen LogP contribution is -2.36. The minimum Gasteiger partial charge on any atom is -0.297 e. The monoisotopic (exact) mass is 387 g/mol. The maximum atomic E-state index is 12.7. The first-order chi connectivity index (χ1) is 12.6. The first-order valence-electron chi connectivity index (χ1n) is 8.95. The van der Waals surface area contributed by atoms with Gasteiger partial charge >= 0.3 is 0 Å². The quantitative estimate of drug-likeness (QED) is 0.583. The van der Waals surface area contributed by atoms with E-state index >= 15 is 0 Å². The van der Waals surface area contributed by atoms with Gasteiger partial charge in [-0.2, -0.15) is 0 Å². The summed E-state index contributed by atoms with van der Waals surface area (Å²) in [6.45, 7) is 4.24. The van der Waals surface area contributed by atoms with Crippen LogP contribution in [0, 0.1) is 11.8 Å². The molecular formula is C20H21NO3S2. The minimum atomic E-state index is -0.313. The summed E-state index contributed by atoms with van der Waals surface area (Å²) in [5.41, 5.74) is 0.940. The summed E-state index contributed by atoms with van der Waals surface area (Å²) in [6, 6.07) is 6.94. The van der Waals surface area contributed by atoms with E-state index in [0.717, 1.165) is 24.3 Å². The smallest absolute Gasteiger partial charge is 0.261 e. The van der Waals surface area contributed by atoms with Crippen molar-refractivity contribution in [2.45, 2.75) is 23.3 Å². The molecule has 2 amide bonds. The average Bonchev–Trinajstić information content (AvgIpc) is 3.09. The minimum absolute atomic E-state index is 0.0522. The second-order valence-electron chi connectivity index (χ2n) is 7.06. The molecule has 0 unspecified atom stereocenters. The molecule has 2 fully saturated rings. The fraction of sp³-hybridized carbons (Fsp3) is 0.450. The number of carbonyl (C=O) groups is 3. The molecule has 4 rings (SSSR count). The lowest BCUT2D eigenvalue weighted by molar-refractivity contribution is -0.117. The standard InChI is InChI=1S/C20H21NO3S2/c1-2-13(14-10-17(22)20(11-14)25-8-5-9-26-20)12-21-18(23)15-6-3-4-7-16(15)19(21)24/h2-4,6-7,13-14H,1,5,8-12H2/t13-,14-/m0/s1. The van der Waals surface area contributed by atoms with Crippen LogP contribution in [0.4, 0.5) is 0 Å². The topological polar surface area (TPSA) is 54.5 Å². The molecule has 3 aliphatic rings.